The Hall–Kier alpha value is -2.84. The van der Waals surface area contributed by atoms with Gasteiger partial charge in [-0.2, -0.15) is 10.5 Å². The molecule has 1 N–H and O–H groups in total. The van der Waals surface area contributed by atoms with Gasteiger partial charge in [-0.15, -0.1) is 0 Å². The van der Waals surface area contributed by atoms with Gasteiger partial charge in [-0.1, -0.05) is 36.9 Å². The summed E-state index contributed by atoms with van der Waals surface area (Å²) in [6, 6.07) is 13.7. The number of nitriles is 2. The average Bonchev–Trinajstić information content (AvgIpc) is 2.79. The number of nitrogens with zero attached hydrogens (tertiary/aromatic N) is 2. The highest BCUT2D eigenvalue weighted by atomic mass is 35.5. The zero-order valence-corrected chi connectivity index (χ0v) is 21.4. The Morgan fingerprint density at radius 1 is 1.18 bits per heavy atom. The number of hydrogen-bond acceptors (Lipinski definition) is 5. The molecule has 0 aliphatic carbocycles. The Labute approximate surface area is 201 Å². The molecule has 0 bridgehead atoms. The minimum absolute atomic E-state index is 0.221. The molecule has 8 heteroatoms. The highest BCUT2D eigenvalue weighted by Gasteiger charge is 2.32. The van der Waals surface area contributed by atoms with Gasteiger partial charge in [-0.25, -0.2) is 0 Å². The van der Waals surface area contributed by atoms with Crippen molar-refractivity contribution in [2.45, 2.75) is 56.4 Å². The summed E-state index contributed by atoms with van der Waals surface area (Å²) in [5, 5.41) is 21.5. The lowest BCUT2D eigenvalue weighted by atomic mass is 9.93. The quantitative estimate of drug-likeness (QED) is 0.678. The normalized spacial score (nSPS) is 19.3. The summed E-state index contributed by atoms with van der Waals surface area (Å²) in [5.74, 6) is 0.462. The summed E-state index contributed by atoms with van der Waals surface area (Å²) in [7, 11) is 0.424. The number of carbonyl (C=O) groups is 1. The molecular formula is C25H26ClN3O3Si. The number of hydrogen-bond donors (Lipinski definition) is 1. The molecule has 4 rings (SSSR count). The van der Waals surface area contributed by atoms with Gasteiger partial charge in [-0.05, 0) is 53.8 Å². The van der Waals surface area contributed by atoms with Crippen LogP contribution in [0.4, 0.5) is 0 Å². The van der Waals surface area contributed by atoms with E-state index in [4.69, 9.17) is 26.3 Å². The Bertz CT molecular complexity index is 1150. The third kappa shape index (κ3) is 5.22. The fourth-order valence-electron chi connectivity index (χ4n) is 4.41. The van der Waals surface area contributed by atoms with E-state index in [2.05, 4.69) is 17.5 Å². The van der Waals surface area contributed by atoms with Crippen LogP contribution in [0.25, 0.3) is 11.1 Å². The summed E-state index contributed by atoms with van der Waals surface area (Å²) < 4.78 is 11.7. The van der Waals surface area contributed by atoms with Gasteiger partial charge in [-0.3, -0.25) is 4.79 Å². The lowest BCUT2D eigenvalue weighted by molar-refractivity contribution is -0.134. The zero-order chi connectivity index (χ0) is 23.4. The summed E-state index contributed by atoms with van der Waals surface area (Å²) >= 11 is 6.63. The van der Waals surface area contributed by atoms with Gasteiger partial charge >= 0.3 is 0 Å². The lowest BCUT2D eigenvalue weighted by Gasteiger charge is -2.29. The monoisotopic (exact) mass is 479 g/mol. The van der Waals surface area contributed by atoms with Crippen molar-refractivity contribution in [3.8, 4) is 29.0 Å². The van der Waals surface area contributed by atoms with Crippen molar-refractivity contribution in [1.29, 1.82) is 10.5 Å². The van der Waals surface area contributed by atoms with E-state index in [-0.39, 0.29) is 5.91 Å². The molecule has 1 unspecified atom stereocenters. The van der Waals surface area contributed by atoms with Crippen molar-refractivity contribution in [1.82, 2.24) is 5.32 Å². The first kappa shape index (κ1) is 23.3. The van der Waals surface area contributed by atoms with Crippen molar-refractivity contribution in [2.75, 3.05) is 6.61 Å². The standard InChI is InChI=1S/C25H26ClN3O3Si/c26-21-11-20-19-7-6-16(13-27)9-18(19)14-32-23(20)10-17(21)12-25(33,15-28)29-24(30)22-5-3-1-2-4-8-31-22/h6-7,9-11,22H,1-5,8,12,14H2,33H3,(H,29,30)/t22-,25?/m0/s1. The van der Waals surface area contributed by atoms with Crippen molar-refractivity contribution in [3.05, 3.63) is 52.0 Å². The lowest BCUT2D eigenvalue weighted by Crippen LogP contribution is -2.53. The summed E-state index contributed by atoms with van der Waals surface area (Å²) in [5.41, 5.74) is 4.12. The van der Waals surface area contributed by atoms with Crippen LogP contribution in [0.3, 0.4) is 0 Å². The predicted octanol–water partition coefficient (Wildman–Crippen LogP) is 3.36. The van der Waals surface area contributed by atoms with Gasteiger partial charge < -0.3 is 14.8 Å². The molecule has 0 radical (unpaired) electrons. The average molecular weight is 480 g/mol. The van der Waals surface area contributed by atoms with Crippen molar-refractivity contribution >= 4 is 27.8 Å². The minimum atomic E-state index is -1.01. The molecule has 1 amide bonds. The number of carbonyl (C=O) groups excluding carboxylic acids is 1. The van der Waals surface area contributed by atoms with E-state index in [1.54, 1.807) is 6.07 Å². The molecule has 0 spiro atoms. The molecular weight excluding hydrogens is 454 g/mol. The van der Waals surface area contributed by atoms with Crippen LogP contribution in [-0.2, 0) is 22.6 Å². The molecule has 1 saturated heterocycles. The fraction of sp³-hybridized carbons (Fsp3) is 0.400. The van der Waals surface area contributed by atoms with Gasteiger partial charge in [0.05, 0.1) is 27.9 Å². The van der Waals surface area contributed by atoms with Gasteiger partial charge in [0.1, 0.15) is 23.6 Å². The zero-order valence-electron chi connectivity index (χ0n) is 18.6. The van der Waals surface area contributed by atoms with E-state index in [9.17, 15) is 10.1 Å². The molecule has 2 atom stereocenters. The van der Waals surface area contributed by atoms with Crippen LogP contribution in [0.5, 0.6) is 5.75 Å². The van der Waals surface area contributed by atoms with Crippen LogP contribution in [-0.4, -0.2) is 34.0 Å². The van der Waals surface area contributed by atoms with E-state index in [1.165, 1.54) is 0 Å². The SMILES string of the molecule is N#Cc1ccc2c(c1)COc1cc(CC([SiH3])(C#N)NC(=O)[C@@H]3CCCCCCO3)c(Cl)cc1-2. The Morgan fingerprint density at radius 3 is 2.79 bits per heavy atom. The molecule has 170 valence electrons. The maximum Gasteiger partial charge on any atom is 0.250 e. The number of amides is 1. The molecule has 33 heavy (non-hydrogen) atoms. The first-order valence-electron chi connectivity index (χ1n) is 11.3. The van der Waals surface area contributed by atoms with Gasteiger partial charge in [0.15, 0.2) is 0 Å². The Balaban J connectivity index is 1.54. The summed E-state index contributed by atoms with van der Waals surface area (Å²) in [4.78, 5) is 12.9. The van der Waals surface area contributed by atoms with Gasteiger partial charge in [0.2, 0.25) is 5.91 Å². The molecule has 2 aliphatic heterocycles. The van der Waals surface area contributed by atoms with Crippen molar-refractivity contribution in [3.63, 3.8) is 0 Å². The van der Waals surface area contributed by atoms with E-state index in [0.29, 0.717) is 52.6 Å². The fourth-order valence-corrected chi connectivity index (χ4v) is 5.27. The van der Waals surface area contributed by atoms with Crippen molar-refractivity contribution < 1.29 is 14.3 Å². The second kappa shape index (κ2) is 9.97. The number of nitrogens with one attached hydrogen (secondary N) is 1. The van der Waals surface area contributed by atoms with E-state index >= 15 is 0 Å². The van der Waals surface area contributed by atoms with Crippen molar-refractivity contribution in [2.24, 2.45) is 0 Å². The van der Waals surface area contributed by atoms with E-state index < -0.39 is 11.3 Å². The van der Waals surface area contributed by atoms with E-state index in [1.807, 2.05) is 24.3 Å². The third-order valence-corrected chi connectivity index (χ3v) is 7.40. The largest absolute Gasteiger partial charge is 0.488 e. The number of rotatable bonds is 4. The highest BCUT2D eigenvalue weighted by molar-refractivity contribution is 6.32. The highest BCUT2D eigenvalue weighted by Crippen LogP contribution is 2.41. The summed E-state index contributed by atoms with van der Waals surface area (Å²) in [6.45, 7) is 0.934. The molecule has 2 aliphatic rings. The smallest absolute Gasteiger partial charge is 0.250 e. The summed E-state index contributed by atoms with van der Waals surface area (Å²) in [6.07, 6.45) is 4.59. The number of fused-ring (bicyclic) bond motifs is 3. The molecule has 1 fully saturated rings. The molecule has 0 aromatic heterocycles. The topological polar surface area (TPSA) is 95.1 Å². The first-order chi connectivity index (χ1) is 15.9. The van der Waals surface area contributed by atoms with Crippen LogP contribution in [0.1, 0.15) is 48.8 Å². The maximum absolute atomic E-state index is 12.9. The molecule has 2 aromatic rings. The second-order valence-corrected chi connectivity index (χ2v) is 11.0. The van der Waals surface area contributed by atoms with Crippen LogP contribution in [0.15, 0.2) is 30.3 Å². The number of benzene rings is 2. The Kier molecular flexibility index (Phi) is 7.04. The minimum Gasteiger partial charge on any atom is -0.488 e. The number of ether oxygens (including phenoxy) is 2. The molecule has 0 saturated carbocycles. The molecule has 2 heterocycles. The van der Waals surface area contributed by atoms with E-state index in [0.717, 1.165) is 47.9 Å². The molecule has 6 nitrogen and oxygen atoms in total. The second-order valence-electron chi connectivity index (χ2n) is 8.88. The Morgan fingerprint density at radius 2 is 2.00 bits per heavy atom. The van der Waals surface area contributed by atoms with Crippen LogP contribution >= 0.6 is 11.6 Å². The van der Waals surface area contributed by atoms with Gasteiger partial charge in [0, 0.05) is 23.6 Å². The maximum atomic E-state index is 12.9. The van der Waals surface area contributed by atoms with Crippen LogP contribution in [0, 0.1) is 22.7 Å². The van der Waals surface area contributed by atoms with Gasteiger partial charge in [0.25, 0.3) is 0 Å². The molecule has 2 aromatic carbocycles. The predicted molar refractivity (Wildman–Crippen MR) is 129 cm³/mol. The van der Waals surface area contributed by atoms with Crippen LogP contribution < -0.4 is 10.1 Å². The van der Waals surface area contributed by atoms with Crippen LogP contribution in [0.2, 0.25) is 5.02 Å². The third-order valence-electron chi connectivity index (χ3n) is 6.22. The first-order valence-corrected chi connectivity index (χ1v) is 12.6. The number of halogens is 1.